The fourth-order valence-electron chi connectivity index (χ4n) is 2.81. The molecular weight excluding hydrogens is 312 g/mol. The zero-order chi connectivity index (χ0) is 16.5. The van der Waals surface area contributed by atoms with Gasteiger partial charge in [-0.25, -0.2) is 9.97 Å². The first-order chi connectivity index (χ1) is 11.7. The van der Waals surface area contributed by atoms with Crippen molar-refractivity contribution >= 4 is 5.91 Å². The molecule has 1 saturated carbocycles. The van der Waals surface area contributed by atoms with Gasteiger partial charge in [0.2, 0.25) is 0 Å². The molecular formula is C16H18N4O4. The molecule has 1 aliphatic carbocycles. The van der Waals surface area contributed by atoms with Gasteiger partial charge in [0.1, 0.15) is 11.9 Å². The second-order valence-corrected chi connectivity index (χ2v) is 6.04. The minimum Gasteiger partial charge on any atom is -0.477 e. The van der Waals surface area contributed by atoms with Gasteiger partial charge < -0.3 is 18.9 Å². The molecule has 1 amide bonds. The van der Waals surface area contributed by atoms with Crippen LogP contribution in [0.4, 0.5) is 0 Å². The third kappa shape index (κ3) is 2.91. The molecule has 8 nitrogen and oxygen atoms in total. The Morgan fingerprint density at radius 1 is 1.25 bits per heavy atom. The first kappa shape index (κ1) is 14.9. The van der Waals surface area contributed by atoms with Crippen molar-refractivity contribution in [3.63, 3.8) is 0 Å². The summed E-state index contributed by atoms with van der Waals surface area (Å²) in [5.74, 6) is 1.82. The van der Waals surface area contributed by atoms with Crippen LogP contribution in [0.15, 0.2) is 23.0 Å². The van der Waals surface area contributed by atoms with Crippen LogP contribution in [0.5, 0.6) is 11.8 Å². The van der Waals surface area contributed by atoms with Gasteiger partial charge in [0, 0.05) is 37.3 Å². The number of amides is 1. The zero-order valence-corrected chi connectivity index (χ0v) is 13.3. The molecule has 0 aromatic carbocycles. The van der Waals surface area contributed by atoms with Gasteiger partial charge in [-0.15, -0.1) is 0 Å². The summed E-state index contributed by atoms with van der Waals surface area (Å²) in [6.45, 7) is 1.09. The molecule has 0 N–H and O–H groups in total. The summed E-state index contributed by atoms with van der Waals surface area (Å²) in [6.07, 6.45) is 5.89. The van der Waals surface area contributed by atoms with E-state index in [9.17, 15) is 4.79 Å². The normalized spacial score (nSPS) is 20.2. The summed E-state index contributed by atoms with van der Waals surface area (Å²) in [5.41, 5.74) is 0.370. The number of nitrogens with zero attached hydrogens (tertiary/aromatic N) is 4. The SMILES string of the molecule is COc1nccnc1O[C@@H]1CCN(C(=O)c2cc(C3CC3)on2)C1. The minimum atomic E-state index is -0.144. The fraction of sp³-hybridized carbons (Fsp3) is 0.500. The molecule has 1 aliphatic heterocycles. The summed E-state index contributed by atoms with van der Waals surface area (Å²) >= 11 is 0. The van der Waals surface area contributed by atoms with E-state index >= 15 is 0 Å². The molecule has 126 valence electrons. The number of rotatable bonds is 5. The van der Waals surface area contributed by atoms with Crippen LogP contribution >= 0.6 is 0 Å². The maximum absolute atomic E-state index is 12.5. The molecule has 3 heterocycles. The number of carbonyl (C=O) groups is 1. The molecule has 1 saturated heterocycles. The third-order valence-corrected chi connectivity index (χ3v) is 4.26. The smallest absolute Gasteiger partial charge is 0.278 e. The maximum Gasteiger partial charge on any atom is 0.278 e. The van der Waals surface area contributed by atoms with Crippen molar-refractivity contribution in [1.82, 2.24) is 20.0 Å². The van der Waals surface area contributed by atoms with E-state index < -0.39 is 0 Å². The molecule has 8 heteroatoms. The van der Waals surface area contributed by atoms with Gasteiger partial charge in [0.15, 0.2) is 5.69 Å². The lowest BCUT2D eigenvalue weighted by molar-refractivity contribution is 0.0760. The summed E-state index contributed by atoms with van der Waals surface area (Å²) < 4.78 is 16.2. The van der Waals surface area contributed by atoms with Crippen molar-refractivity contribution in [1.29, 1.82) is 0 Å². The molecule has 24 heavy (non-hydrogen) atoms. The Kier molecular flexibility index (Phi) is 3.79. The summed E-state index contributed by atoms with van der Waals surface area (Å²) in [5, 5.41) is 3.91. The lowest BCUT2D eigenvalue weighted by Gasteiger charge is -2.16. The third-order valence-electron chi connectivity index (χ3n) is 4.26. The maximum atomic E-state index is 12.5. The van der Waals surface area contributed by atoms with Gasteiger partial charge in [-0.05, 0) is 12.8 Å². The Morgan fingerprint density at radius 3 is 2.79 bits per heavy atom. The minimum absolute atomic E-state index is 0.122. The molecule has 1 atom stereocenters. The molecule has 4 rings (SSSR count). The number of ether oxygens (including phenoxy) is 2. The van der Waals surface area contributed by atoms with Gasteiger partial charge in [-0.2, -0.15) is 0 Å². The predicted molar refractivity (Wildman–Crippen MR) is 82.0 cm³/mol. The van der Waals surface area contributed by atoms with E-state index in [1.54, 1.807) is 17.2 Å². The second kappa shape index (κ2) is 6.10. The van der Waals surface area contributed by atoms with Crippen LogP contribution in [0.3, 0.4) is 0 Å². The highest BCUT2D eigenvalue weighted by molar-refractivity contribution is 5.92. The van der Waals surface area contributed by atoms with E-state index in [2.05, 4.69) is 15.1 Å². The van der Waals surface area contributed by atoms with Crippen LogP contribution in [0.25, 0.3) is 0 Å². The van der Waals surface area contributed by atoms with Crippen LogP contribution in [0.2, 0.25) is 0 Å². The topological polar surface area (TPSA) is 90.6 Å². The predicted octanol–water partition coefficient (Wildman–Crippen LogP) is 1.64. The van der Waals surface area contributed by atoms with Crippen molar-refractivity contribution in [2.24, 2.45) is 0 Å². The van der Waals surface area contributed by atoms with Crippen molar-refractivity contribution in [3.8, 4) is 11.8 Å². The largest absolute Gasteiger partial charge is 0.477 e. The number of carbonyl (C=O) groups excluding carboxylic acids is 1. The Morgan fingerprint density at radius 2 is 2.04 bits per heavy atom. The summed E-state index contributed by atoms with van der Waals surface area (Å²) in [6, 6.07) is 1.76. The average molecular weight is 330 g/mol. The number of methoxy groups -OCH3 is 1. The second-order valence-electron chi connectivity index (χ2n) is 6.04. The van der Waals surface area contributed by atoms with Crippen LogP contribution in [-0.2, 0) is 0 Å². The molecule has 2 aromatic heterocycles. The highest BCUT2D eigenvalue weighted by atomic mass is 16.5. The lowest BCUT2D eigenvalue weighted by Crippen LogP contribution is -2.31. The molecule has 2 aromatic rings. The first-order valence-corrected chi connectivity index (χ1v) is 8.02. The van der Waals surface area contributed by atoms with Crippen LogP contribution in [-0.4, -0.2) is 52.2 Å². The monoisotopic (exact) mass is 330 g/mol. The quantitative estimate of drug-likeness (QED) is 0.823. The van der Waals surface area contributed by atoms with Crippen LogP contribution in [0, 0.1) is 0 Å². The van der Waals surface area contributed by atoms with Gasteiger partial charge in [-0.3, -0.25) is 4.79 Å². The molecule has 0 unspecified atom stereocenters. The van der Waals surface area contributed by atoms with Gasteiger partial charge in [0.25, 0.3) is 17.7 Å². The molecule has 2 fully saturated rings. The summed E-state index contributed by atoms with van der Waals surface area (Å²) in [4.78, 5) is 22.4. The van der Waals surface area contributed by atoms with E-state index in [4.69, 9.17) is 14.0 Å². The Labute approximate surface area is 138 Å². The molecule has 0 spiro atoms. The highest BCUT2D eigenvalue weighted by Crippen LogP contribution is 2.40. The van der Waals surface area contributed by atoms with E-state index in [1.165, 1.54) is 13.3 Å². The number of aromatic nitrogens is 3. The van der Waals surface area contributed by atoms with E-state index in [-0.39, 0.29) is 12.0 Å². The highest BCUT2D eigenvalue weighted by Gasteiger charge is 2.33. The lowest BCUT2D eigenvalue weighted by atomic mass is 10.2. The Hall–Kier alpha value is -2.64. The zero-order valence-electron chi connectivity index (χ0n) is 13.3. The van der Waals surface area contributed by atoms with Crippen molar-refractivity contribution < 1.29 is 18.8 Å². The molecule has 0 bridgehead atoms. The van der Waals surface area contributed by atoms with Crippen LogP contribution < -0.4 is 9.47 Å². The number of likely N-dealkylation sites (tertiary alicyclic amines) is 1. The van der Waals surface area contributed by atoms with Gasteiger partial charge in [-0.1, -0.05) is 5.16 Å². The van der Waals surface area contributed by atoms with E-state index in [0.29, 0.717) is 36.5 Å². The van der Waals surface area contributed by atoms with Gasteiger partial charge >= 0.3 is 0 Å². The average Bonchev–Trinajstić information content (AvgIpc) is 3.16. The Bertz CT molecular complexity index is 743. The van der Waals surface area contributed by atoms with Crippen molar-refractivity contribution in [2.45, 2.75) is 31.3 Å². The first-order valence-electron chi connectivity index (χ1n) is 8.02. The van der Waals surface area contributed by atoms with E-state index in [0.717, 1.165) is 25.0 Å². The molecule has 0 radical (unpaired) electrons. The molecule has 2 aliphatic rings. The van der Waals surface area contributed by atoms with Crippen molar-refractivity contribution in [2.75, 3.05) is 20.2 Å². The summed E-state index contributed by atoms with van der Waals surface area (Å²) in [7, 11) is 1.52. The van der Waals surface area contributed by atoms with E-state index in [1.807, 2.05) is 0 Å². The fourth-order valence-corrected chi connectivity index (χ4v) is 2.81. The standard InChI is InChI=1S/C16H18N4O4/c1-22-14-15(18-6-5-17-14)23-11-4-7-20(9-11)16(21)12-8-13(24-19-12)10-2-3-10/h5-6,8,10-11H,2-4,7,9H2,1H3/t11-/m1/s1. The van der Waals surface area contributed by atoms with Crippen LogP contribution in [0.1, 0.15) is 41.4 Å². The Balaban J connectivity index is 1.39. The van der Waals surface area contributed by atoms with Crippen molar-refractivity contribution in [3.05, 3.63) is 29.9 Å². The van der Waals surface area contributed by atoms with Gasteiger partial charge in [0.05, 0.1) is 13.7 Å². The number of hydrogen-bond acceptors (Lipinski definition) is 7. The number of hydrogen-bond donors (Lipinski definition) is 0.